The Kier molecular flexibility index (Phi) is 4.40. The first-order valence-corrected chi connectivity index (χ1v) is 9.78. The van der Waals surface area contributed by atoms with Crippen LogP contribution in [-0.4, -0.2) is 10.8 Å². The zero-order valence-corrected chi connectivity index (χ0v) is 16.4. The lowest BCUT2D eigenvalue weighted by Crippen LogP contribution is -2.29. The lowest BCUT2D eigenvalue weighted by atomic mass is 9.98. The minimum absolute atomic E-state index is 0.0140. The number of para-hydroxylation sites is 1. The third kappa shape index (κ3) is 2.90. The summed E-state index contributed by atoms with van der Waals surface area (Å²) in [6.45, 7) is 0.181. The summed E-state index contributed by atoms with van der Waals surface area (Å²) in [7, 11) is 0. The number of halogens is 2. The van der Waals surface area contributed by atoms with E-state index in [0.29, 0.717) is 21.6 Å². The molecule has 0 saturated carbocycles. The average molecular weight is 420 g/mol. The lowest BCUT2D eigenvalue weighted by molar-refractivity contribution is 0.0714. The fourth-order valence-corrected chi connectivity index (χ4v) is 4.13. The van der Waals surface area contributed by atoms with Crippen LogP contribution in [0.15, 0.2) is 82.0 Å². The lowest BCUT2D eigenvalue weighted by Gasteiger charge is -2.25. The van der Waals surface area contributed by atoms with Gasteiger partial charge in [0.15, 0.2) is 5.43 Å². The van der Waals surface area contributed by atoms with E-state index in [1.165, 1.54) is 12.1 Å². The van der Waals surface area contributed by atoms with Crippen molar-refractivity contribution in [3.05, 3.63) is 116 Å². The van der Waals surface area contributed by atoms with Gasteiger partial charge in [0.05, 0.1) is 17.0 Å². The van der Waals surface area contributed by atoms with Gasteiger partial charge >= 0.3 is 0 Å². The van der Waals surface area contributed by atoms with E-state index in [9.17, 15) is 14.0 Å². The summed E-state index contributed by atoms with van der Waals surface area (Å²) in [6.07, 6.45) is 0. The molecular formula is C24H15ClFNO3. The van der Waals surface area contributed by atoms with Crippen LogP contribution in [0.3, 0.4) is 0 Å². The highest BCUT2D eigenvalue weighted by Crippen LogP contribution is 2.39. The van der Waals surface area contributed by atoms with Crippen LogP contribution in [0.4, 0.5) is 4.39 Å². The molecule has 0 fully saturated rings. The molecule has 1 atom stereocenters. The Balaban J connectivity index is 1.73. The van der Waals surface area contributed by atoms with E-state index < -0.39 is 17.8 Å². The molecule has 30 heavy (non-hydrogen) atoms. The molecule has 4 nitrogen and oxygen atoms in total. The van der Waals surface area contributed by atoms with Crippen LogP contribution < -0.4 is 5.43 Å². The molecule has 0 aliphatic carbocycles. The minimum atomic E-state index is -0.703. The summed E-state index contributed by atoms with van der Waals surface area (Å²) >= 11 is 6.32. The molecule has 0 bridgehead atoms. The normalized spacial score (nSPS) is 15.6. The molecule has 1 amide bonds. The fourth-order valence-electron chi connectivity index (χ4n) is 3.93. The summed E-state index contributed by atoms with van der Waals surface area (Å²) in [5.41, 5.74) is 1.71. The molecule has 4 aromatic rings. The standard InChI is InChI=1S/C24H15ClFNO3/c25-18-7-3-1-5-15(18)13-27-21(14-9-11-16(26)12-10-14)20-22(28)17-6-2-4-8-19(17)30-23(20)24(27)29/h1-12,21H,13H2/t21-/m0/s1. The quantitative estimate of drug-likeness (QED) is 0.451. The first kappa shape index (κ1) is 18.6. The summed E-state index contributed by atoms with van der Waals surface area (Å²) in [4.78, 5) is 28.2. The van der Waals surface area contributed by atoms with Crippen molar-refractivity contribution >= 4 is 28.5 Å². The van der Waals surface area contributed by atoms with Gasteiger partial charge in [-0.3, -0.25) is 9.59 Å². The Hall–Kier alpha value is -3.44. The van der Waals surface area contributed by atoms with Gasteiger partial charge in [0, 0.05) is 11.6 Å². The second-order valence-electron chi connectivity index (χ2n) is 7.15. The van der Waals surface area contributed by atoms with Crippen molar-refractivity contribution in [3.8, 4) is 0 Å². The summed E-state index contributed by atoms with van der Waals surface area (Å²) in [5.74, 6) is -0.784. The number of carbonyl (C=O) groups is 1. The van der Waals surface area contributed by atoms with Gasteiger partial charge in [0.1, 0.15) is 11.4 Å². The smallest absolute Gasteiger partial charge is 0.291 e. The molecule has 5 rings (SSSR count). The molecule has 3 aromatic carbocycles. The van der Waals surface area contributed by atoms with Gasteiger partial charge in [-0.1, -0.05) is 54.1 Å². The van der Waals surface area contributed by atoms with E-state index in [1.54, 1.807) is 47.4 Å². The zero-order chi connectivity index (χ0) is 20.8. The monoisotopic (exact) mass is 419 g/mol. The van der Waals surface area contributed by atoms with Crippen LogP contribution in [0.1, 0.15) is 33.3 Å². The molecule has 6 heteroatoms. The van der Waals surface area contributed by atoms with Gasteiger partial charge < -0.3 is 9.32 Å². The topological polar surface area (TPSA) is 50.5 Å². The Morgan fingerprint density at radius 3 is 2.40 bits per heavy atom. The van der Waals surface area contributed by atoms with Crippen molar-refractivity contribution in [2.45, 2.75) is 12.6 Å². The molecule has 0 radical (unpaired) electrons. The third-order valence-corrected chi connectivity index (χ3v) is 5.73. The third-order valence-electron chi connectivity index (χ3n) is 5.36. The highest BCUT2D eigenvalue weighted by atomic mass is 35.5. The number of carbonyl (C=O) groups excluding carboxylic acids is 1. The second kappa shape index (κ2) is 7.11. The Bertz CT molecular complexity index is 1350. The summed E-state index contributed by atoms with van der Waals surface area (Å²) in [5, 5.41) is 0.916. The molecule has 0 unspecified atom stereocenters. The van der Waals surface area contributed by atoms with Crippen LogP contribution >= 0.6 is 11.6 Å². The van der Waals surface area contributed by atoms with Gasteiger partial charge in [0.2, 0.25) is 5.76 Å². The van der Waals surface area contributed by atoms with E-state index in [1.807, 2.05) is 18.2 Å². The maximum Gasteiger partial charge on any atom is 0.291 e. The molecule has 1 aliphatic rings. The predicted octanol–water partition coefficient (Wildman–Crippen LogP) is 5.33. The van der Waals surface area contributed by atoms with E-state index in [2.05, 4.69) is 0 Å². The number of rotatable bonds is 3. The van der Waals surface area contributed by atoms with Gasteiger partial charge in [-0.15, -0.1) is 0 Å². The number of nitrogens with zero attached hydrogens (tertiary/aromatic N) is 1. The van der Waals surface area contributed by atoms with E-state index in [4.69, 9.17) is 16.0 Å². The number of hydrogen-bond donors (Lipinski definition) is 0. The van der Waals surface area contributed by atoms with E-state index in [-0.39, 0.29) is 23.3 Å². The Labute approximate surface area is 176 Å². The van der Waals surface area contributed by atoms with Crippen LogP contribution in [0.2, 0.25) is 5.02 Å². The zero-order valence-electron chi connectivity index (χ0n) is 15.6. The molecule has 2 heterocycles. The number of benzene rings is 3. The fraction of sp³-hybridized carbons (Fsp3) is 0.0833. The Morgan fingerprint density at radius 1 is 0.933 bits per heavy atom. The summed E-state index contributed by atoms with van der Waals surface area (Å²) in [6, 6.07) is 19.1. The highest BCUT2D eigenvalue weighted by molar-refractivity contribution is 6.31. The van der Waals surface area contributed by atoms with Crippen molar-refractivity contribution in [1.82, 2.24) is 4.90 Å². The van der Waals surface area contributed by atoms with Crippen molar-refractivity contribution < 1.29 is 13.6 Å². The number of fused-ring (bicyclic) bond motifs is 2. The SMILES string of the molecule is O=C1c2oc3ccccc3c(=O)c2[C@H](c2ccc(F)cc2)N1Cc1ccccc1Cl. The van der Waals surface area contributed by atoms with Crippen molar-refractivity contribution in [3.63, 3.8) is 0 Å². The van der Waals surface area contributed by atoms with Gasteiger partial charge in [-0.05, 0) is 41.5 Å². The molecule has 0 N–H and O–H groups in total. The molecule has 1 aromatic heterocycles. The summed E-state index contributed by atoms with van der Waals surface area (Å²) < 4.78 is 19.4. The largest absolute Gasteiger partial charge is 0.450 e. The highest BCUT2D eigenvalue weighted by Gasteiger charge is 2.42. The van der Waals surface area contributed by atoms with Gasteiger partial charge in [-0.2, -0.15) is 0 Å². The first-order chi connectivity index (χ1) is 14.5. The molecule has 148 valence electrons. The Morgan fingerprint density at radius 2 is 1.63 bits per heavy atom. The van der Waals surface area contributed by atoms with Gasteiger partial charge in [-0.25, -0.2) is 4.39 Å². The molecule has 0 spiro atoms. The van der Waals surface area contributed by atoms with Crippen LogP contribution in [0.5, 0.6) is 0 Å². The molecular weight excluding hydrogens is 405 g/mol. The van der Waals surface area contributed by atoms with Crippen LogP contribution in [-0.2, 0) is 6.54 Å². The first-order valence-electron chi connectivity index (χ1n) is 9.40. The predicted molar refractivity (Wildman–Crippen MR) is 112 cm³/mol. The molecule has 1 aliphatic heterocycles. The van der Waals surface area contributed by atoms with Crippen molar-refractivity contribution in [1.29, 1.82) is 0 Å². The van der Waals surface area contributed by atoms with E-state index >= 15 is 0 Å². The maximum atomic E-state index is 13.6. The van der Waals surface area contributed by atoms with Crippen LogP contribution in [0, 0.1) is 5.82 Å². The minimum Gasteiger partial charge on any atom is -0.450 e. The average Bonchev–Trinajstić information content (AvgIpc) is 3.03. The maximum absolute atomic E-state index is 13.6. The van der Waals surface area contributed by atoms with E-state index in [0.717, 1.165) is 5.56 Å². The van der Waals surface area contributed by atoms with Crippen LogP contribution in [0.25, 0.3) is 11.0 Å². The van der Waals surface area contributed by atoms with Crippen molar-refractivity contribution in [2.75, 3.05) is 0 Å². The van der Waals surface area contributed by atoms with Crippen molar-refractivity contribution in [2.24, 2.45) is 0 Å². The molecule has 0 saturated heterocycles. The number of hydrogen-bond acceptors (Lipinski definition) is 3. The number of amides is 1. The second-order valence-corrected chi connectivity index (χ2v) is 7.56. The van der Waals surface area contributed by atoms with Gasteiger partial charge in [0.25, 0.3) is 5.91 Å².